The summed E-state index contributed by atoms with van der Waals surface area (Å²) in [4.78, 5) is 2.04. The summed E-state index contributed by atoms with van der Waals surface area (Å²) in [6.45, 7) is 2.10. The molecule has 1 unspecified atom stereocenters. The SMILES string of the molecule is COc1cc(N(C)C(C)CSC)c(N)cc1F. The average molecular weight is 258 g/mol. The van der Waals surface area contributed by atoms with Gasteiger partial charge in [-0.3, -0.25) is 0 Å². The Kier molecular flexibility index (Phi) is 4.93. The van der Waals surface area contributed by atoms with Crippen molar-refractivity contribution in [2.24, 2.45) is 0 Å². The normalized spacial score (nSPS) is 12.3. The molecule has 0 amide bonds. The zero-order valence-corrected chi connectivity index (χ0v) is 11.5. The van der Waals surface area contributed by atoms with E-state index in [0.717, 1.165) is 11.4 Å². The molecule has 3 nitrogen and oxygen atoms in total. The highest BCUT2D eigenvalue weighted by Crippen LogP contribution is 2.31. The minimum atomic E-state index is -0.431. The predicted molar refractivity (Wildman–Crippen MR) is 73.6 cm³/mol. The lowest BCUT2D eigenvalue weighted by Gasteiger charge is -2.28. The number of nitrogen functional groups attached to an aromatic ring is 1. The Morgan fingerprint density at radius 1 is 1.53 bits per heavy atom. The predicted octanol–water partition coefficient (Wildman–Crippen LogP) is 2.60. The largest absolute Gasteiger partial charge is 0.494 e. The van der Waals surface area contributed by atoms with Crippen LogP contribution >= 0.6 is 11.8 Å². The molecule has 0 aliphatic carbocycles. The van der Waals surface area contributed by atoms with Gasteiger partial charge in [0, 0.05) is 31.0 Å². The first-order valence-electron chi connectivity index (χ1n) is 5.36. The maximum absolute atomic E-state index is 13.4. The Bertz CT molecular complexity index is 387. The standard InChI is InChI=1S/C12H19FN2OS/c1-8(7-17-4)15(2)11-6-12(16-3)9(13)5-10(11)14/h5-6,8H,7,14H2,1-4H3. The van der Waals surface area contributed by atoms with Gasteiger partial charge in [-0.05, 0) is 13.2 Å². The fourth-order valence-electron chi connectivity index (χ4n) is 1.61. The number of nitrogens with zero attached hydrogens (tertiary/aromatic N) is 1. The molecule has 1 atom stereocenters. The highest BCUT2D eigenvalue weighted by Gasteiger charge is 2.15. The van der Waals surface area contributed by atoms with Crippen molar-refractivity contribution in [3.05, 3.63) is 17.9 Å². The van der Waals surface area contributed by atoms with Gasteiger partial charge < -0.3 is 15.4 Å². The second-order valence-corrected chi connectivity index (χ2v) is 4.87. The van der Waals surface area contributed by atoms with E-state index in [1.165, 1.54) is 13.2 Å². The van der Waals surface area contributed by atoms with Crippen LogP contribution in [0.5, 0.6) is 5.75 Å². The molecule has 0 aliphatic rings. The van der Waals surface area contributed by atoms with E-state index in [0.29, 0.717) is 11.7 Å². The molecular weight excluding hydrogens is 239 g/mol. The average Bonchev–Trinajstić information content (AvgIpc) is 2.29. The van der Waals surface area contributed by atoms with Gasteiger partial charge in [0.05, 0.1) is 18.5 Å². The fraction of sp³-hybridized carbons (Fsp3) is 0.500. The number of thioether (sulfide) groups is 1. The van der Waals surface area contributed by atoms with Crippen LogP contribution in [-0.4, -0.2) is 32.2 Å². The Balaban J connectivity index is 3.04. The van der Waals surface area contributed by atoms with Gasteiger partial charge >= 0.3 is 0 Å². The number of anilines is 2. The lowest BCUT2D eigenvalue weighted by molar-refractivity contribution is 0.386. The van der Waals surface area contributed by atoms with Crippen LogP contribution in [0.3, 0.4) is 0 Å². The Morgan fingerprint density at radius 3 is 2.71 bits per heavy atom. The van der Waals surface area contributed by atoms with E-state index in [1.807, 2.05) is 11.9 Å². The zero-order valence-electron chi connectivity index (χ0n) is 10.7. The molecule has 96 valence electrons. The number of benzene rings is 1. The second kappa shape index (κ2) is 6.00. The third-order valence-corrected chi connectivity index (χ3v) is 3.57. The van der Waals surface area contributed by atoms with Gasteiger partial charge in [0.2, 0.25) is 0 Å². The monoisotopic (exact) mass is 258 g/mol. The van der Waals surface area contributed by atoms with Crippen LogP contribution in [0, 0.1) is 5.82 Å². The fourth-order valence-corrected chi connectivity index (χ4v) is 2.32. The van der Waals surface area contributed by atoms with Gasteiger partial charge in [-0.15, -0.1) is 0 Å². The van der Waals surface area contributed by atoms with Crippen LogP contribution < -0.4 is 15.4 Å². The highest BCUT2D eigenvalue weighted by atomic mass is 32.2. The van der Waals surface area contributed by atoms with Crippen molar-refractivity contribution in [3.8, 4) is 5.75 Å². The van der Waals surface area contributed by atoms with Gasteiger partial charge in [-0.25, -0.2) is 4.39 Å². The molecule has 1 aromatic carbocycles. The second-order valence-electron chi connectivity index (χ2n) is 3.96. The summed E-state index contributed by atoms with van der Waals surface area (Å²) in [5.41, 5.74) is 7.06. The molecule has 0 radical (unpaired) electrons. The number of nitrogens with two attached hydrogens (primary N) is 1. The van der Waals surface area contributed by atoms with Crippen molar-refractivity contribution in [2.75, 3.05) is 36.8 Å². The zero-order chi connectivity index (χ0) is 13.0. The maximum atomic E-state index is 13.4. The van der Waals surface area contributed by atoms with Gasteiger partial charge in [0.1, 0.15) is 0 Å². The molecule has 1 rings (SSSR count). The number of halogens is 1. The summed E-state index contributed by atoms with van der Waals surface area (Å²) in [6, 6.07) is 3.26. The van der Waals surface area contributed by atoms with Crippen molar-refractivity contribution < 1.29 is 9.13 Å². The Labute approximate surface area is 106 Å². The van der Waals surface area contributed by atoms with Crippen molar-refractivity contribution in [2.45, 2.75) is 13.0 Å². The van der Waals surface area contributed by atoms with Crippen LogP contribution in [0.2, 0.25) is 0 Å². The number of hydrogen-bond donors (Lipinski definition) is 1. The van der Waals surface area contributed by atoms with Gasteiger partial charge in [0.15, 0.2) is 11.6 Å². The summed E-state index contributed by atoms with van der Waals surface area (Å²) >= 11 is 1.76. The third-order valence-electron chi connectivity index (χ3n) is 2.75. The first-order valence-corrected chi connectivity index (χ1v) is 6.75. The number of methoxy groups -OCH3 is 1. The summed E-state index contributed by atoms with van der Waals surface area (Å²) in [5, 5.41) is 0. The summed E-state index contributed by atoms with van der Waals surface area (Å²) in [5.74, 6) is 0.771. The Hall–Kier alpha value is -1.10. The molecule has 0 saturated carbocycles. The van der Waals surface area contributed by atoms with E-state index >= 15 is 0 Å². The van der Waals surface area contributed by atoms with Gasteiger partial charge in [0.25, 0.3) is 0 Å². The molecule has 0 spiro atoms. The molecule has 0 fully saturated rings. The van der Waals surface area contributed by atoms with Crippen LogP contribution in [0.4, 0.5) is 15.8 Å². The van der Waals surface area contributed by atoms with E-state index in [1.54, 1.807) is 17.8 Å². The molecule has 0 aromatic heterocycles. The molecule has 2 N–H and O–H groups in total. The lowest BCUT2D eigenvalue weighted by Crippen LogP contribution is -2.31. The van der Waals surface area contributed by atoms with Gasteiger partial charge in [-0.2, -0.15) is 11.8 Å². The van der Waals surface area contributed by atoms with E-state index in [-0.39, 0.29) is 5.75 Å². The number of ether oxygens (including phenoxy) is 1. The molecule has 0 bridgehead atoms. The number of hydrogen-bond acceptors (Lipinski definition) is 4. The molecular formula is C12H19FN2OS. The maximum Gasteiger partial charge on any atom is 0.167 e. The van der Waals surface area contributed by atoms with E-state index in [9.17, 15) is 4.39 Å². The van der Waals surface area contributed by atoms with Gasteiger partial charge in [-0.1, -0.05) is 0 Å². The van der Waals surface area contributed by atoms with E-state index in [2.05, 4.69) is 13.2 Å². The minimum Gasteiger partial charge on any atom is -0.494 e. The van der Waals surface area contributed by atoms with Crippen molar-refractivity contribution >= 4 is 23.1 Å². The van der Waals surface area contributed by atoms with Crippen molar-refractivity contribution in [1.29, 1.82) is 0 Å². The van der Waals surface area contributed by atoms with Crippen molar-refractivity contribution in [1.82, 2.24) is 0 Å². The molecule has 0 heterocycles. The number of rotatable bonds is 5. The first-order chi connectivity index (χ1) is 8.01. The Morgan fingerprint density at radius 2 is 2.18 bits per heavy atom. The minimum absolute atomic E-state index is 0.220. The molecule has 0 saturated heterocycles. The lowest BCUT2D eigenvalue weighted by atomic mass is 10.2. The van der Waals surface area contributed by atoms with Crippen LogP contribution in [0.15, 0.2) is 12.1 Å². The van der Waals surface area contributed by atoms with Crippen molar-refractivity contribution in [3.63, 3.8) is 0 Å². The summed E-state index contributed by atoms with van der Waals surface area (Å²) in [7, 11) is 3.40. The third kappa shape index (κ3) is 3.19. The molecule has 5 heteroatoms. The summed E-state index contributed by atoms with van der Waals surface area (Å²) in [6.07, 6.45) is 2.05. The summed E-state index contributed by atoms with van der Waals surface area (Å²) < 4.78 is 18.4. The topological polar surface area (TPSA) is 38.5 Å². The van der Waals surface area contributed by atoms with Crippen LogP contribution in [0.25, 0.3) is 0 Å². The smallest absolute Gasteiger partial charge is 0.167 e. The highest BCUT2D eigenvalue weighted by molar-refractivity contribution is 7.98. The quantitative estimate of drug-likeness (QED) is 0.824. The molecule has 1 aromatic rings. The van der Waals surface area contributed by atoms with E-state index < -0.39 is 5.82 Å². The van der Waals surface area contributed by atoms with E-state index in [4.69, 9.17) is 10.5 Å². The van der Waals surface area contributed by atoms with Crippen LogP contribution in [0.1, 0.15) is 6.92 Å². The molecule has 17 heavy (non-hydrogen) atoms. The van der Waals surface area contributed by atoms with Crippen LogP contribution in [-0.2, 0) is 0 Å². The molecule has 0 aliphatic heterocycles. The first kappa shape index (κ1) is 14.0.